The van der Waals surface area contributed by atoms with Crippen LogP contribution in [0.4, 0.5) is 4.79 Å². The smallest absolute Gasteiger partial charge is 0.407 e. The zero-order chi connectivity index (χ0) is 16.2. The van der Waals surface area contributed by atoms with E-state index in [0.717, 1.165) is 11.1 Å². The topological polar surface area (TPSA) is 67.4 Å². The maximum atomic E-state index is 11.7. The number of fused-ring (bicyclic) bond motifs is 3. The van der Waals surface area contributed by atoms with E-state index in [4.69, 9.17) is 4.74 Å². The maximum Gasteiger partial charge on any atom is 0.407 e. The van der Waals surface area contributed by atoms with E-state index in [2.05, 4.69) is 34.9 Å². The molecule has 0 saturated carbocycles. The second kappa shape index (κ2) is 6.52. The molecule has 1 aliphatic carbocycles. The second-order valence-corrected chi connectivity index (χ2v) is 5.35. The van der Waals surface area contributed by atoms with Crippen molar-refractivity contribution in [1.82, 2.24) is 10.6 Å². The molecule has 5 heteroatoms. The fraction of sp³-hybridized carbons (Fsp3) is 0.222. The van der Waals surface area contributed by atoms with Gasteiger partial charge in [0.15, 0.2) is 0 Å². The molecule has 2 aromatic carbocycles. The van der Waals surface area contributed by atoms with Gasteiger partial charge in [-0.3, -0.25) is 4.79 Å². The molecule has 0 spiro atoms. The zero-order valence-corrected chi connectivity index (χ0v) is 12.8. The molecular formula is C18H18N2O3. The van der Waals surface area contributed by atoms with Crippen molar-refractivity contribution in [3.63, 3.8) is 0 Å². The van der Waals surface area contributed by atoms with Gasteiger partial charge in [-0.2, -0.15) is 0 Å². The van der Waals surface area contributed by atoms with Crippen LogP contribution in [0, 0.1) is 0 Å². The monoisotopic (exact) mass is 310 g/mol. The number of ether oxygens (including phenoxy) is 1. The molecule has 0 saturated heterocycles. The number of carbonyl (C=O) groups is 2. The van der Waals surface area contributed by atoms with Crippen LogP contribution in [0.25, 0.3) is 11.1 Å². The van der Waals surface area contributed by atoms with E-state index in [0.29, 0.717) is 0 Å². The molecular weight excluding hydrogens is 292 g/mol. The van der Waals surface area contributed by atoms with E-state index in [-0.39, 0.29) is 25.0 Å². The molecule has 2 aromatic rings. The third-order valence-corrected chi connectivity index (χ3v) is 4.02. The third kappa shape index (κ3) is 3.04. The van der Waals surface area contributed by atoms with Crippen LogP contribution in [0.2, 0.25) is 0 Å². The van der Waals surface area contributed by atoms with Gasteiger partial charge in [-0.05, 0) is 22.3 Å². The minimum Gasteiger partial charge on any atom is -0.449 e. The molecule has 118 valence electrons. The van der Waals surface area contributed by atoms with Crippen molar-refractivity contribution in [2.75, 3.05) is 20.2 Å². The highest BCUT2D eigenvalue weighted by atomic mass is 16.5. The highest BCUT2D eigenvalue weighted by Gasteiger charge is 2.28. The number of carbonyl (C=O) groups excluding carboxylic acids is 2. The number of hydrogen-bond donors (Lipinski definition) is 2. The van der Waals surface area contributed by atoms with E-state index in [1.807, 2.05) is 24.3 Å². The number of alkyl carbamates (subject to hydrolysis) is 1. The van der Waals surface area contributed by atoms with Crippen LogP contribution in [-0.2, 0) is 9.53 Å². The summed E-state index contributed by atoms with van der Waals surface area (Å²) in [5.41, 5.74) is 4.69. The van der Waals surface area contributed by atoms with Gasteiger partial charge in [-0.25, -0.2) is 4.79 Å². The van der Waals surface area contributed by atoms with Gasteiger partial charge in [-0.15, -0.1) is 0 Å². The number of amides is 2. The predicted molar refractivity (Wildman–Crippen MR) is 87.1 cm³/mol. The number of hydrogen-bond acceptors (Lipinski definition) is 3. The number of rotatable bonds is 4. The summed E-state index contributed by atoms with van der Waals surface area (Å²) in [6.07, 6.45) is -0.588. The summed E-state index contributed by atoms with van der Waals surface area (Å²) in [5.74, 6) is -0.244. The van der Waals surface area contributed by atoms with Gasteiger partial charge >= 0.3 is 6.09 Å². The van der Waals surface area contributed by atoms with Crippen LogP contribution >= 0.6 is 0 Å². The van der Waals surface area contributed by atoms with Gasteiger partial charge in [0.1, 0.15) is 6.61 Å². The summed E-state index contributed by atoms with van der Waals surface area (Å²) in [5, 5.41) is 4.87. The van der Waals surface area contributed by atoms with Gasteiger partial charge in [0.25, 0.3) is 0 Å². The molecule has 0 atom stereocenters. The van der Waals surface area contributed by atoms with Gasteiger partial charge in [0, 0.05) is 13.0 Å². The van der Waals surface area contributed by atoms with E-state index in [9.17, 15) is 9.59 Å². The summed E-state index contributed by atoms with van der Waals surface area (Å²) in [4.78, 5) is 22.9. The molecule has 0 fully saturated rings. The number of likely N-dealkylation sites (N-methyl/N-ethyl adjacent to an activating group) is 1. The molecule has 0 radical (unpaired) electrons. The summed E-state index contributed by atoms with van der Waals surface area (Å²) in [7, 11) is 1.52. The Morgan fingerprint density at radius 1 is 1.00 bits per heavy atom. The van der Waals surface area contributed by atoms with Crippen molar-refractivity contribution in [1.29, 1.82) is 0 Å². The summed E-state index contributed by atoms with van der Waals surface area (Å²) in [6, 6.07) is 16.3. The Kier molecular flexibility index (Phi) is 4.28. The third-order valence-electron chi connectivity index (χ3n) is 4.02. The lowest BCUT2D eigenvalue weighted by atomic mass is 9.98. The molecule has 0 bridgehead atoms. The van der Waals surface area contributed by atoms with Crippen molar-refractivity contribution in [2.45, 2.75) is 5.92 Å². The summed E-state index contributed by atoms with van der Waals surface area (Å²) < 4.78 is 5.30. The van der Waals surface area contributed by atoms with Crippen LogP contribution in [0.5, 0.6) is 0 Å². The van der Waals surface area contributed by atoms with Crippen LogP contribution in [0.15, 0.2) is 48.5 Å². The van der Waals surface area contributed by atoms with Gasteiger partial charge in [-0.1, -0.05) is 48.5 Å². The summed E-state index contributed by atoms with van der Waals surface area (Å²) in [6.45, 7) is 0.154. The number of benzene rings is 2. The first kappa shape index (κ1) is 15.1. The fourth-order valence-electron chi connectivity index (χ4n) is 2.89. The quantitative estimate of drug-likeness (QED) is 0.910. The average molecular weight is 310 g/mol. The van der Waals surface area contributed by atoms with Crippen molar-refractivity contribution in [2.24, 2.45) is 0 Å². The fourth-order valence-corrected chi connectivity index (χ4v) is 2.89. The maximum absolute atomic E-state index is 11.7. The SMILES string of the molecule is CNC(=O)CNC(=O)OCC1c2ccccc2-c2ccccc21. The molecule has 1 aliphatic rings. The molecule has 0 aliphatic heterocycles. The Hall–Kier alpha value is -2.82. The molecule has 23 heavy (non-hydrogen) atoms. The van der Waals surface area contributed by atoms with Crippen LogP contribution in [-0.4, -0.2) is 32.2 Å². The molecule has 0 unspecified atom stereocenters. The second-order valence-electron chi connectivity index (χ2n) is 5.35. The normalized spacial score (nSPS) is 12.2. The lowest BCUT2D eigenvalue weighted by molar-refractivity contribution is -0.119. The minimum absolute atomic E-state index is 0.0214. The zero-order valence-electron chi connectivity index (χ0n) is 12.8. The Morgan fingerprint density at radius 2 is 1.57 bits per heavy atom. The van der Waals surface area contributed by atoms with Crippen LogP contribution in [0.1, 0.15) is 17.0 Å². The van der Waals surface area contributed by atoms with Crippen molar-refractivity contribution in [3.05, 3.63) is 59.7 Å². The first-order chi connectivity index (χ1) is 11.2. The largest absolute Gasteiger partial charge is 0.449 e. The van der Waals surface area contributed by atoms with Gasteiger partial charge < -0.3 is 15.4 Å². The highest BCUT2D eigenvalue weighted by Crippen LogP contribution is 2.44. The lowest BCUT2D eigenvalue weighted by Gasteiger charge is -2.14. The Bertz CT molecular complexity index is 697. The van der Waals surface area contributed by atoms with Gasteiger partial charge in [0.2, 0.25) is 5.91 Å². The minimum atomic E-state index is -0.588. The van der Waals surface area contributed by atoms with Gasteiger partial charge in [0.05, 0.1) is 6.54 Å². The molecule has 3 rings (SSSR count). The first-order valence-corrected chi connectivity index (χ1v) is 7.50. The van der Waals surface area contributed by atoms with E-state index in [1.54, 1.807) is 0 Å². The lowest BCUT2D eigenvalue weighted by Crippen LogP contribution is -2.35. The summed E-state index contributed by atoms with van der Waals surface area (Å²) >= 11 is 0. The molecule has 0 aromatic heterocycles. The van der Waals surface area contributed by atoms with E-state index in [1.165, 1.54) is 18.2 Å². The van der Waals surface area contributed by atoms with Crippen molar-refractivity contribution < 1.29 is 14.3 Å². The molecule has 0 heterocycles. The Labute approximate surface area is 134 Å². The standard InChI is InChI=1S/C18H18N2O3/c1-19-17(21)10-20-18(22)23-11-16-14-8-4-2-6-12(14)13-7-3-5-9-15(13)16/h2-9,16H,10-11H2,1H3,(H,19,21)(H,20,22). The van der Waals surface area contributed by atoms with E-state index < -0.39 is 6.09 Å². The average Bonchev–Trinajstić information content (AvgIpc) is 2.92. The van der Waals surface area contributed by atoms with E-state index >= 15 is 0 Å². The number of nitrogens with one attached hydrogen (secondary N) is 2. The highest BCUT2D eigenvalue weighted by molar-refractivity contribution is 5.82. The van der Waals surface area contributed by atoms with Crippen LogP contribution in [0.3, 0.4) is 0 Å². The molecule has 2 N–H and O–H groups in total. The Balaban J connectivity index is 1.71. The predicted octanol–water partition coefficient (Wildman–Crippen LogP) is 2.27. The van der Waals surface area contributed by atoms with Crippen molar-refractivity contribution in [3.8, 4) is 11.1 Å². The first-order valence-electron chi connectivity index (χ1n) is 7.50. The Morgan fingerprint density at radius 3 is 2.13 bits per heavy atom. The van der Waals surface area contributed by atoms with Crippen molar-refractivity contribution >= 4 is 12.0 Å². The van der Waals surface area contributed by atoms with Crippen LogP contribution < -0.4 is 10.6 Å². The molecule has 5 nitrogen and oxygen atoms in total. The molecule has 2 amide bonds.